The fraction of sp³-hybridized carbons (Fsp3) is 0.133. The first-order valence-electron chi connectivity index (χ1n) is 5.97. The highest BCUT2D eigenvalue weighted by atomic mass is 16.5. The Balaban J connectivity index is 1.89. The maximum Gasteiger partial charge on any atom is 0.166 e. The van der Waals surface area contributed by atoms with Crippen LogP contribution in [0.5, 0.6) is 11.5 Å². The fourth-order valence-corrected chi connectivity index (χ4v) is 2.05. The summed E-state index contributed by atoms with van der Waals surface area (Å²) in [6.07, 6.45) is 0.561. The van der Waals surface area contributed by atoms with Crippen LogP contribution in [0.4, 0.5) is 5.69 Å². The number of carbonyl (C=O) groups is 1. The van der Waals surface area contributed by atoms with Gasteiger partial charge in [0.05, 0.1) is 0 Å². The molecule has 0 radical (unpaired) electrons. The van der Waals surface area contributed by atoms with Crippen LogP contribution in [0.2, 0.25) is 0 Å². The van der Waals surface area contributed by atoms with Crippen LogP contribution in [0.1, 0.15) is 16.8 Å². The molecule has 0 saturated heterocycles. The topological polar surface area (TPSA) is 38.3 Å². The van der Waals surface area contributed by atoms with E-state index < -0.39 is 0 Å². The highest BCUT2D eigenvalue weighted by Crippen LogP contribution is 2.29. The van der Waals surface area contributed by atoms with Gasteiger partial charge in [-0.1, -0.05) is 18.2 Å². The summed E-state index contributed by atoms with van der Waals surface area (Å²) < 4.78 is 5.73. The van der Waals surface area contributed by atoms with Gasteiger partial charge in [-0.2, -0.15) is 0 Å². The maximum absolute atomic E-state index is 11.7. The maximum atomic E-state index is 11.7. The molecule has 0 saturated carbocycles. The van der Waals surface area contributed by atoms with Crippen LogP contribution >= 0.6 is 0 Å². The van der Waals surface area contributed by atoms with Crippen LogP contribution in [0, 0.1) is 0 Å². The van der Waals surface area contributed by atoms with E-state index in [1.54, 1.807) is 0 Å². The first kappa shape index (κ1) is 10.8. The third-order valence-corrected chi connectivity index (χ3v) is 2.94. The molecule has 3 heteroatoms. The predicted octanol–water partition coefficient (Wildman–Crippen LogP) is 3.48. The number of carbonyl (C=O) groups excluding carboxylic acids is 1. The number of hydrogen-bond donors (Lipinski definition) is 1. The molecule has 3 nitrogen and oxygen atoms in total. The van der Waals surface area contributed by atoms with E-state index in [4.69, 9.17) is 4.74 Å². The van der Waals surface area contributed by atoms with E-state index in [0.717, 1.165) is 22.7 Å². The number of para-hydroxylation sites is 1. The second-order valence-corrected chi connectivity index (χ2v) is 4.22. The summed E-state index contributed by atoms with van der Waals surface area (Å²) in [5, 5.41) is 3.22. The zero-order valence-electron chi connectivity index (χ0n) is 9.85. The van der Waals surface area contributed by atoms with Crippen molar-refractivity contribution in [2.45, 2.75) is 6.42 Å². The van der Waals surface area contributed by atoms with Crippen LogP contribution in [0.25, 0.3) is 0 Å². The summed E-state index contributed by atoms with van der Waals surface area (Å²) in [5.41, 5.74) is 1.61. The summed E-state index contributed by atoms with van der Waals surface area (Å²) in [7, 11) is 0. The van der Waals surface area contributed by atoms with Gasteiger partial charge in [-0.3, -0.25) is 4.79 Å². The van der Waals surface area contributed by atoms with E-state index in [1.165, 1.54) is 0 Å². The van der Waals surface area contributed by atoms with Crippen molar-refractivity contribution in [1.29, 1.82) is 0 Å². The Hall–Kier alpha value is -2.29. The number of rotatable bonds is 2. The van der Waals surface area contributed by atoms with E-state index in [0.29, 0.717) is 13.0 Å². The zero-order chi connectivity index (χ0) is 12.4. The minimum atomic E-state index is 0.190. The highest BCUT2D eigenvalue weighted by Gasteiger charge is 2.16. The van der Waals surface area contributed by atoms with Crippen molar-refractivity contribution in [2.75, 3.05) is 11.9 Å². The monoisotopic (exact) mass is 239 g/mol. The first-order valence-corrected chi connectivity index (χ1v) is 5.97. The molecule has 3 rings (SSSR count). The van der Waals surface area contributed by atoms with E-state index >= 15 is 0 Å². The smallest absolute Gasteiger partial charge is 0.166 e. The molecular formula is C15H13NO2. The van der Waals surface area contributed by atoms with Crippen LogP contribution in [0.3, 0.4) is 0 Å². The quantitative estimate of drug-likeness (QED) is 0.872. The van der Waals surface area contributed by atoms with Gasteiger partial charge in [-0.15, -0.1) is 0 Å². The molecule has 0 aromatic heterocycles. The average Bonchev–Trinajstić information content (AvgIpc) is 2.40. The lowest BCUT2D eigenvalue weighted by atomic mass is 10.0. The Morgan fingerprint density at radius 3 is 2.67 bits per heavy atom. The van der Waals surface area contributed by atoms with Crippen LogP contribution < -0.4 is 10.1 Å². The molecule has 2 aromatic carbocycles. The zero-order valence-corrected chi connectivity index (χ0v) is 9.85. The van der Waals surface area contributed by atoms with E-state index in [9.17, 15) is 4.79 Å². The van der Waals surface area contributed by atoms with E-state index in [2.05, 4.69) is 5.32 Å². The summed E-state index contributed by atoms with van der Waals surface area (Å²) in [4.78, 5) is 11.7. The lowest BCUT2D eigenvalue weighted by molar-refractivity contribution is 0.0984. The van der Waals surface area contributed by atoms with Crippen molar-refractivity contribution >= 4 is 11.5 Å². The number of anilines is 1. The highest BCUT2D eigenvalue weighted by molar-refractivity contribution is 6.03. The van der Waals surface area contributed by atoms with Gasteiger partial charge in [0.15, 0.2) is 5.78 Å². The molecule has 1 heterocycles. The van der Waals surface area contributed by atoms with Crippen LogP contribution in [0.15, 0.2) is 48.5 Å². The fourth-order valence-electron chi connectivity index (χ4n) is 2.05. The molecule has 0 fully saturated rings. The van der Waals surface area contributed by atoms with Gasteiger partial charge in [0, 0.05) is 30.3 Å². The number of nitrogens with one attached hydrogen (secondary N) is 1. The van der Waals surface area contributed by atoms with Crippen molar-refractivity contribution in [1.82, 2.24) is 0 Å². The Bertz CT molecular complexity index is 578. The van der Waals surface area contributed by atoms with Gasteiger partial charge < -0.3 is 10.1 Å². The number of fused-ring (bicyclic) bond motifs is 1. The summed E-state index contributed by atoms with van der Waals surface area (Å²) >= 11 is 0. The Kier molecular flexibility index (Phi) is 2.73. The van der Waals surface area contributed by atoms with Gasteiger partial charge >= 0.3 is 0 Å². The molecule has 18 heavy (non-hydrogen) atoms. The van der Waals surface area contributed by atoms with Gasteiger partial charge in [0.25, 0.3) is 0 Å². The van der Waals surface area contributed by atoms with Gasteiger partial charge in [0.2, 0.25) is 0 Å². The van der Waals surface area contributed by atoms with Crippen molar-refractivity contribution in [2.24, 2.45) is 0 Å². The molecule has 0 atom stereocenters. The van der Waals surface area contributed by atoms with Gasteiger partial charge in [-0.05, 0) is 24.3 Å². The van der Waals surface area contributed by atoms with Crippen molar-refractivity contribution in [3.05, 3.63) is 54.1 Å². The lowest BCUT2D eigenvalue weighted by Gasteiger charge is -2.17. The molecule has 1 N–H and O–H groups in total. The molecule has 0 unspecified atom stereocenters. The Morgan fingerprint density at radius 2 is 1.83 bits per heavy atom. The molecule has 0 bridgehead atoms. The predicted molar refractivity (Wildman–Crippen MR) is 70.4 cm³/mol. The van der Waals surface area contributed by atoms with Crippen LogP contribution in [-0.2, 0) is 0 Å². The van der Waals surface area contributed by atoms with Gasteiger partial charge in [0.1, 0.15) is 11.5 Å². The first-order chi connectivity index (χ1) is 8.83. The van der Waals surface area contributed by atoms with Crippen molar-refractivity contribution < 1.29 is 9.53 Å². The molecule has 1 aliphatic rings. The minimum Gasteiger partial charge on any atom is -0.457 e. The third-order valence-electron chi connectivity index (χ3n) is 2.94. The number of ether oxygens (including phenoxy) is 1. The molecule has 1 aliphatic heterocycles. The number of hydrogen-bond acceptors (Lipinski definition) is 3. The second kappa shape index (κ2) is 4.53. The number of ketones is 1. The lowest BCUT2D eigenvalue weighted by Crippen LogP contribution is -2.17. The third kappa shape index (κ3) is 2.07. The van der Waals surface area contributed by atoms with E-state index in [1.807, 2.05) is 48.5 Å². The number of benzene rings is 2. The second-order valence-electron chi connectivity index (χ2n) is 4.22. The standard InChI is InChI=1S/C15H13NO2/c17-15-8-9-16-14-10-12(6-7-13(14)15)18-11-4-2-1-3-5-11/h1-7,10,16H,8-9H2. The molecule has 0 amide bonds. The summed E-state index contributed by atoms with van der Waals surface area (Å²) in [6, 6.07) is 15.1. The Labute approximate surface area is 105 Å². The summed E-state index contributed by atoms with van der Waals surface area (Å²) in [5.74, 6) is 1.72. The molecular weight excluding hydrogens is 226 g/mol. The molecule has 2 aromatic rings. The number of Topliss-reactive ketones (excluding diaryl/α,β-unsaturated/α-hetero) is 1. The largest absolute Gasteiger partial charge is 0.457 e. The average molecular weight is 239 g/mol. The Morgan fingerprint density at radius 1 is 1.00 bits per heavy atom. The SMILES string of the molecule is O=C1CCNc2cc(Oc3ccccc3)ccc21. The minimum absolute atomic E-state index is 0.190. The van der Waals surface area contributed by atoms with Crippen molar-refractivity contribution in [3.63, 3.8) is 0 Å². The van der Waals surface area contributed by atoms with E-state index in [-0.39, 0.29) is 5.78 Å². The summed E-state index contributed by atoms with van der Waals surface area (Å²) in [6.45, 7) is 0.695. The van der Waals surface area contributed by atoms with Gasteiger partial charge in [-0.25, -0.2) is 0 Å². The van der Waals surface area contributed by atoms with Crippen molar-refractivity contribution in [3.8, 4) is 11.5 Å². The molecule has 0 aliphatic carbocycles. The molecule has 90 valence electrons. The molecule has 0 spiro atoms. The normalized spacial score (nSPS) is 13.7. The van der Waals surface area contributed by atoms with Crippen LogP contribution in [-0.4, -0.2) is 12.3 Å².